The standard InChI is InChI=1S/C21H23Cl2FN2O3/c1-3-19(21(28)25-4-2)26(12-16-17(22)6-5-7-18(16)23)20(27)13-29-15-10-8-14(24)9-11-15/h5-11,19H,3-4,12-13H2,1-2H3,(H,25,28)/t19-/m0/s1. The van der Waals surface area contributed by atoms with Crippen LogP contribution in [0, 0.1) is 5.82 Å². The van der Waals surface area contributed by atoms with Gasteiger partial charge in [-0.1, -0.05) is 36.2 Å². The summed E-state index contributed by atoms with van der Waals surface area (Å²) in [5, 5.41) is 3.55. The normalized spacial score (nSPS) is 11.6. The van der Waals surface area contributed by atoms with Crippen LogP contribution in [-0.2, 0) is 16.1 Å². The highest BCUT2D eigenvalue weighted by molar-refractivity contribution is 6.36. The van der Waals surface area contributed by atoms with Crippen LogP contribution < -0.4 is 10.1 Å². The number of carbonyl (C=O) groups is 2. The second kappa shape index (κ2) is 11.0. The third-order valence-corrected chi connectivity index (χ3v) is 5.01. The lowest BCUT2D eigenvalue weighted by molar-refractivity contribution is -0.142. The van der Waals surface area contributed by atoms with Gasteiger partial charge in [-0.25, -0.2) is 4.39 Å². The van der Waals surface area contributed by atoms with Crippen LogP contribution in [0.5, 0.6) is 5.75 Å². The van der Waals surface area contributed by atoms with Gasteiger partial charge in [0.25, 0.3) is 5.91 Å². The fourth-order valence-electron chi connectivity index (χ4n) is 2.82. The van der Waals surface area contributed by atoms with E-state index in [4.69, 9.17) is 27.9 Å². The average molecular weight is 441 g/mol. The van der Waals surface area contributed by atoms with Crippen molar-refractivity contribution in [1.29, 1.82) is 0 Å². The largest absolute Gasteiger partial charge is 0.484 e. The smallest absolute Gasteiger partial charge is 0.261 e. The van der Waals surface area contributed by atoms with Crippen LogP contribution in [0.25, 0.3) is 0 Å². The number of benzene rings is 2. The molecule has 0 aliphatic rings. The zero-order chi connectivity index (χ0) is 21.4. The average Bonchev–Trinajstić information content (AvgIpc) is 2.69. The van der Waals surface area contributed by atoms with Crippen molar-refractivity contribution >= 4 is 35.0 Å². The Hall–Kier alpha value is -2.31. The molecule has 29 heavy (non-hydrogen) atoms. The molecule has 0 saturated heterocycles. The van der Waals surface area contributed by atoms with Gasteiger partial charge in [-0.15, -0.1) is 0 Å². The molecule has 0 fully saturated rings. The first-order valence-electron chi connectivity index (χ1n) is 9.25. The van der Waals surface area contributed by atoms with E-state index in [0.29, 0.717) is 34.3 Å². The molecule has 0 aliphatic carbocycles. The lowest BCUT2D eigenvalue weighted by Gasteiger charge is -2.31. The van der Waals surface area contributed by atoms with Crippen molar-refractivity contribution in [3.8, 4) is 5.75 Å². The Bertz CT molecular complexity index is 826. The third-order valence-electron chi connectivity index (χ3n) is 4.30. The highest BCUT2D eigenvalue weighted by Crippen LogP contribution is 2.27. The second-order valence-corrected chi connectivity index (χ2v) is 7.10. The Morgan fingerprint density at radius 3 is 2.28 bits per heavy atom. The summed E-state index contributed by atoms with van der Waals surface area (Å²) in [7, 11) is 0. The van der Waals surface area contributed by atoms with Crippen LogP contribution >= 0.6 is 23.2 Å². The number of hydrogen-bond donors (Lipinski definition) is 1. The first kappa shape index (κ1) is 23.0. The van der Waals surface area contributed by atoms with Crippen molar-refractivity contribution in [2.24, 2.45) is 0 Å². The molecule has 156 valence electrons. The van der Waals surface area contributed by atoms with Gasteiger partial charge >= 0.3 is 0 Å². The molecule has 8 heteroatoms. The van der Waals surface area contributed by atoms with Gasteiger partial charge in [0.05, 0.1) is 0 Å². The molecule has 0 aliphatic heterocycles. The van der Waals surface area contributed by atoms with Gasteiger partial charge in [0.2, 0.25) is 5.91 Å². The van der Waals surface area contributed by atoms with Crippen LogP contribution in [0.3, 0.4) is 0 Å². The molecule has 0 saturated carbocycles. The molecule has 1 atom stereocenters. The summed E-state index contributed by atoms with van der Waals surface area (Å²) in [6.07, 6.45) is 0.399. The maximum Gasteiger partial charge on any atom is 0.261 e. The molecule has 2 aromatic carbocycles. The van der Waals surface area contributed by atoms with Gasteiger partial charge in [-0.2, -0.15) is 0 Å². The number of nitrogens with zero attached hydrogens (tertiary/aromatic N) is 1. The number of rotatable bonds is 9. The van der Waals surface area contributed by atoms with Gasteiger partial charge in [-0.05, 0) is 49.7 Å². The van der Waals surface area contributed by atoms with Gasteiger partial charge in [0.1, 0.15) is 17.6 Å². The molecular weight excluding hydrogens is 418 g/mol. The zero-order valence-electron chi connectivity index (χ0n) is 16.3. The van der Waals surface area contributed by atoms with Gasteiger partial charge in [-0.3, -0.25) is 9.59 Å². The van der Waals surface area contributed by atoms with E-state index in [2.05, 4.69) is 5.32 Å². The number of nitrogens with one attached hydrogen (secondary N) is 1. The van der Waals surface area contributed by atoms with Crippen molar-refractivity contribution in [3.63, 3.8) is 0 Å². The lowest BCUT2D eigenvalue weighted by atomic mass is 10.1. The van der Waals surface area contributed by atoms with E-state index >= 15 is 0 Å². The fourth-order valence-corrected chi connectivity index (χ4v) is 3.34. The summed E-state index contributed by atoms with van der Waals surface area (Å²) < 4.78 is 18.5. The summed E-state index contributed by atoms with van der Waals surface area (Å²) in [4.78, 5) is 26.9. The second-order valence-electron chi connectivity index (χ2n) is 6.28. The van der Waals surface area contributed by atoms with Crippen molar-refractivity contribution in [2.45, 2.75) is 32.9 Å². The predicted octanol–water partition coefficient (Wildman–Crippen LogP) is 4.45. The van der Waals surface area contributed by atoms with Gasteiger partial charge in [0, 0.05) is 28.7 Å². The minimum Gasteiger partial charge on any atom is -0.484 e. The van der Waals surface area contributed by atoms with Crippen molar-refractivity contribution in [3.05, 3.63) is 63.9 Å². The Balaban J connectivity index is 2.25. The molecule has 0 unspecified atom stereocenters. The molecular formula is C21H23Cl2FN2O3. The van der Waals surface area contributed by atoms with E-state index < -0.39 is 17.8 Å². The number of hydrogen-bond acceptors (Lipinski definition) is 3. The van der Waals surface area contributed by atoms with Crippen LogP contribution in [0.2, 0.25) is 10.0 Å². The van der Waals surface area contributed by atoms with E-state index in [1.54, 1.807) is 25.1 Å². The van der Waals surface area contributed by atoms with E-state index in [1.165, 1.54) is 29.2 Å². The maximum absolute atomic E-state index is 13.0. The topological polar surface area (TPSA) is 58.6 Å². The Morgan fingerprint density at radius 2 is 1.72 bits per heavy atom. The predicted molar refractivity (Wildman–Crippen MR) is 112 cm³/mol. The van der Waals surface area contributed by atoms with Gasteiger partial charge in [0.15, 0.2) is 6.61 Å². The van der Waals surface area contributed by atoms with E-state index in [1.807, 2.05) is 6.92 Å². The fraction of sp³-hybridized carbons (Fsp3) is 0.333. The summed E-state index contributed by atoms with van der Waals surface area (Å²) in [6.45, 7) is 3.80. The molecule has 0 bridgehead atoms. The Kier molecular flexibility index (Phi) is 8.73. The molecule has 2 amide bonds. The molecule has 2 rings (SSSR count). The summed E-state index contributed by atoms with van der Waals surface area (Å²) in [5.41, 5.74) is 0.550. The summed E-state index contributed by atoms with van der Waals surface area (Å²) in [5.74, 6) is -0.737. The Morgan fingerprint density at radius 1 is 1.10 bits per heavy atom. The first-order chi connectivity index (χ1) is 13.9. The highest BCUT2D eigenvalue weighted by atomic mass is 35.5. The number of likely N-dealkylation sites (N-methyl/N-ethyl adjacent to an activating group) is 1. The minimum absolute atomic E-state index is 0.0553. The minimum atomic E-state index is -0.716. The monoisotopic (exact) mass is 440 g/mol. The summed E-state index contributed by atoms with van der Waals surface area (Å²) >= 11 is 12.5. The number of ether oxygens (including phenoxy) is 1. The zero-order valence-corrected chi connectivity index (χ0v) is 17.8. The van der Waals surface area contributed by atoms with Crippen LogP contribution in [0.15, 0.2) is 42.5 Å². The quantitative estimate of drug-likeness (QED) is 0.626. The Labute approximate surface area is 179 Å². The first-order valence-corrected chi connectivity index (χ1v) is 10.0. The molecule has 2 aromatic rings. The van der Waals surface area contributed by atoms with Crippen LogP contribution in [-0.4, -0.2) is 35.9 Å². The summed E-state index contributed by atoms with van der Waals surface area (Å²) in [6, 6.07) is 9.68. The van der Waals surface area contributed by atoms with Crippen molar-refractivity contribution in [1.82, 2.24) is 10.2 Å². The van der Waals surface area contributed by atoms with Crippen molar-refractivity contribution < 1.29 is 18.7 Å². The molecule has 0 aromatic heterocycles. The number of carbonyl (C=O) groups excluding carboxylic acids is 2. The van der Waals surface area contributed by atoms with E-state index in [9.17, 15) is 14.0 Å². The van der Waals surface area contributed by atoms with Crippen LogP contribution in [0.1, 0.15) is 25.8 Å². The van der Waals surface area contributed by atoms with Crippen molar-refractivity contribution in [2.75, 3.05) is 13.2 Å². The molecule has 0 radical (unpaired) electrons. The molecule has 1 N–H and O–H groups in total. The third kappa shape index (κ3) is 6.34. The molecule has 0 heterocycles. The highest BCUT2D eigenvalue weighted by Gasteiger charge is 2.29. The van der Waals surface area contributed by atoms with Gasteiger partial charge < -0.3 is 15.0 Å². The molecule has 0 spiro atoms. The lowest BCUT2D eigenvalue weighted by Crippen LogP contribution is -2.50. The maximum atomic E-state index is 13.0. The number of amides is 2. The SMILES string of the molecule is CCNC(=O)[C@H](CC)N(Cc1c(Cl)cccc1Cl)C(=O)COc1ccc(F)cc1. The molecule has 5 nitrogen and oxygen atoms in total. The van der Waals surface area contributed by atoms with E-state index in [-0.39, 0.29) is 19.1 Å². The van der Waals surface area contributed by atoms with Crippen LogP contribution in [0.4, 0.5) is 4.39 Å². The van der Waals surface area contributed by atoms with E-state index in [0.717, 1.165) is 0 Å². The number of halogens is 3.